The minimum absolute atomic E-state index is 0.0248. The van der Waals surface area contributed by atoms with Crippen molar-refractivity contribution in [2.45, 2.75) is 0 Å². The molecule has 2 aromatic heterocycles. The summed E-state index contributed by atoms with van der Waals surface area (Å²) in [5.74, 6) is 0.764. The summed E-state index contributed by atoms with van der Waals surface area (Å²) in [6.45, 7) is 0. The number of azo groups is 1. The van der Waals surface area contributed by atoms with E-state index < -0.39 is 4.92 Å². The first-order valence-electron chi connectivity index (χ1n) is 10.6. The summed E-state index contributed by atoms with van der Waals surface area (Å²) in [7, 11) is 1.59. The Morgan fingerprint density at radius 2 is 1.61 bits per heavy atom. The van der Waals surface area contributed by atoms with Crippen molar-refractivity contribution in [3.8, 4) is 5.75 Å². The van der Waals surface area contributed by atoms with Gasteiger partial charge in [-0.15, -0.1) is 0 Å². The van der Waals surface area contributed by atoms with Gasteiger partial charge in [-0.3, -0.25) is 10.1 Å². The number of anilines is 4. The van der Waals surface area contributed by atoms with Gasteiger partial charge < -0.3 is 15.4 Å². The van der Waals surface area contributed by atoms with Gasteiger partial charge in [0.25, 0.3) is 0 Å². The average Bonchev–Trinajstić information content (AvgIpc) is 3.30. The summed E-state index contributed by atoms with van der Waals surface area (Å²) in [4.78, 5) is 24.0. The number of benzene rings is 3. The summed E-state index contributed by atoms with van der Waals surface area (Å²) in [5, 5.41) is 26.7. The molecule has 0 bridgehead atoms. The lowest BCUT2D eigenvalue weighted by Crippen LogP contribution is -2.05. The molecule has 0 aliphatic carbocycles. The summed E-state index contributed by atoms with van der Waals surface area (Å²) in [6, 6.07) is 21.8. The summed E-state index contributed by atoms with van der Waals surface area (Å²) >= 11 is 1.33. The molecule has 0 saturated heterocycles. The molecule has 12 heteroatoms. The molecule has 0 atom stereocenters. The fraction of sp³-hybridized carbons (Fsp3) is 0.0417. The third-order valence-electron chi connectivity index (χ3n) is 4.99. The molecule has 0 fully saturated rings. The van der Waals surface area contributed by atoms with Crippen LogP contribution in [0.15, 0.2) is 89.4 Å². The molecule has 3 aromatic carbocycles. The Labute approximate surface area is 208 Å². The number of rotatable bonds is 8. The van der Waals surface area contributed by atoms with Crippen molar-refractivity contribution in [1.29, 1.82) is 0 Å². The van der Waals surface area contributed by atoms with Crippen molar-refractivity contribution < 1.29 is 9.66 Å². The van der Waals surface area contributed by atoms with Crippen molar-refractivity contribution in [3.63, 3.8) is 0 Å². The molecule has 0 unspecified atom stereocenters. The zero-order valence-corrected chi connectivity index (χ0v) is 19.6. The van der Waals surface area contributed by atoms with E-state index in [1.807, 2.05) is 42.5 Å². The Morgan fingerprint density at radius 1 is 0.917 bits per heavy atom. The number of nitro groups is 1. The van der Waals surface area contributed by atoms with Crippen molar-refractivity contribution in [3.05, 3.63) is 89.2 Å². The summed E-state index contributed by atoms with van der Waals surface area (Å²) in [5.41, 5.74) is 2.40. The Morgan fingerprint density at radius 3 is 2.31 bits per heavy atom. The highest BCUT2D eigenvalue weighted by Crippen LogP contribution is 2.36. The molecule has 0 amide bonds. The second-order valence-corrected chi connectivity index (χ2v) is 8.39. The third kappa shape index (κ3) is 5.08. The second kappa shape index (κ2) is 10.1. The maximum atomic E-state index is 11.9. The first kappa shape index (κ1) is 22.8. The monoisotopic (exact) mass is 498 g/mol. The molecule has 0 radical (unpaired) electrons. The van der Waals surface area contributed by atoms with Gasteiger partial charge in [0.2, 0.25) is 11.6 Å². The van der Waals surface area contributed by atoms with Crippen LogP contribution in [0.1, 0.15) is 0 Å². The quantitative estimate of drug-likeness (QED) is 0.134. The van der Waals surface area contributed by atoms with Crippen LogP contribution in [-0.2, 0) is 0 Å². The smallest absolute Gasteiger partial charge is 0.353 e. The largest absolute Gasteiger partial charge is 0.497 e. The zero-order valence-electron chi connectivity index (χ0n) is 18.8. The van der Waals surface area contributed by atoms with E-state index in [-0.39, 0.29) is 17.3 Å². The number of ether oxygens (including phenoxy) is 1. The lowest BCUT2D eigenvalue weighted by atomic mass is 10.3. The average molecular weight is 499 g/mol. The van der Waals surface area contributed by atoms with E-state index in [2.05, 4.69) is 35.8 Å². The lowest BCUT2D eigenvalue weighted by Gasteiger charge is -2.09. The van der Waals surface area contributed by atoms with Crippen LogP contribution >= 0.6 is 11.3 Å². The Balaban J connectivity index is 1.37. The van der Waals surface area contributed by atoms with Gasteiger partial charge >= 0.3 is 5.69 Å². The van der Waals surface area contributed by atoms with Crippen LogP contribution < -0.4 is 15.4 Å². The van der Waals surface area contributed by atoms with Gasteiger partial charge in [0.15, 0.2) is 5.13 Å². The predicted octanol–water partition coefficient (Wildman–Crippen LogP) is 6.91. The van der Waals surface area contributed by atoms with Crippen LogP contribution in [0.4, 0.5) is 39.5 Å². The van der Waals surface area contributed by atoms with Crippen LogP contribution in [0.3, 0.4) is 0 Å². The molecule has 2 N–H and O–H groups in total. The van der Waals surface area contributed by atoms with E-state index in [0.717, 1.165) is 15.9 Å². The SMILES string of the molecule is COc1ccc2nc(Nc3ncnc(Nc4ccc(N=Nc5ccccc5)cc4)c3[N+](=O)[O-])sc2c1. The van der Waals surface area contributed by atoms with Crippen LogP contribution in [0.2, 0.25) is 0 Å². The van der Waals surface area contributed by atoms with E-state index in [9.17, 15) is 10.1 Å². The normalized spacial score (nSPS) is 11.0. The third-order valence-corrected chi connectivity index (χ3v) is 5.93. The van der Waals surface area contributed by atoms with Crippen molar-refractivity contribution in [1.82, 2.24) is 15.0 Å². The van der Waals surface area contributed by atoms with E-state index in [1.165, 1.54) is 17.7 Å². The number of hydrogen-bond donors (Lipinski definition) is 2. The van der Waals surface area contributed by atoms with Crippen LogP contribution in [0.25, 0.3) is 10.2 Å². The highest BCUT2D eigenvalue weighted by atomic mass is 32.1. The molecule has 11 nitrogen and oxygen atoms in total. The first-order chi connectivity index (χ1) is 17.6. The minimum Gasteiger partial charge on any atom is -0.497 e. The van der Waals surface area contributed by atoms with E-state index in [4.69, 9.17) is 4.74 Å². The van der Waals surface area contributed by atoms with Gasteiger partial charge in [-0.25, -0.2) is 15.0 Å². The Kier molecular flexibility index (Phi) is 6.40. The van der Waals surface area contributed by atoms with Gasteiger partial charge in [0, 0.05) is 5.69 Å². The highest BCUT2D eigenvalue weighted by molar-refractivity contribution is 7.22. The van der Waals surface area contributed by atoms with Crippen molar-refractivity contribution >= 4 is 61.1 Å². The van der Waals surface area contributed by atoms with Crippen molar-refractivity contribution in [2.24, 2.45) is 10.2 Å². The number of aromatic nitrogens is 3. The second-order valence-electron chi connectivity index (χ2n) is 7.36. The predicted molar refractivity (Wildman–Crippen MR) is 138 cm³/mol. The molecule has 0 aliphatic rings. The lowest BCUT2D eigenvalue weighted by molar-refractivity contribution is -0.383. The van der Waals surface area contributed by atoms with E-state index >= 15 is 0 Å². The number of methoxy groups -OCH3 is 1. The Hall–Kier alpha value is -4.97. The molecular formula is C24H18N8O3S. The maximum Gasteiger partial charge on any atom is 0.353 e. The molecule has 0 saturated carbocycles. The molecule has 36 heavy (non-hydrogen) atoms. The van der Waals surface area contributed by atoms with Gasteiger partial charge in [-0.1, -0.05) is 29.5 Å². The van der Waals surface area contributed by atoms with Crippen molar-refractivity contribution in [2.75, 3.05) is 17.7 Å². The number of nitrogens with zero attached hydrogens (tertiary/aromatic N) is 6. The van der Waals surface area contributed by atoms with Gasteiger partial charge in [-0.2, -0.15) is 10.2 Å². The topological polar surface area (TPSA) is 140 Å². The molecule has 0 spiro atoms. The van der Waals surface area contributed by atoms with Crippen LogP contribution in [0, 0.1) is 10.1 Å². The van der Waals surface area contributed by atoms with E-state index in [0.29, 0.717) is 22.3 Å². The first-order valence-corrected chi connectivity index (χ1v) is 11.5. The van der Waals surface area contributed by atoms with E-state index in [1.54, 1.807) is 37.4 Å². The number of hydrogen-bond acceptors (Lipinski definition) is 11. The standard InChI is InChI=1S/C24H18N8O3S/c1-35-18-11-12-19-20(13-18)36-24(28-19)29-23-21(32(33)34)22(25-14-26-23)27-15-7-9-17(10-8-15)31-30-16-5-3-2-4-6-16/h2-14H,1H3,(H2,25,26,27,28,29). The minimum atomic E-state index is -0.538. The van der Waals surface area contributed by atoms with Crippen LogP contribution in [-0.4, -0.2) is 27.0 Å². The molecule has 5 aromatic rings. The molecule has 5 rings (SSSR count). The van der Waals surface area contributed by atoms with Gasteiger partial charge in [-0.05, 0) is 54.6 Å². The zero-order chi connectivity index (χ0) is 24.9. The molecule has 178 valence electrons. The maximum absolute atomic E-state index is 11.9. The fourth-order valence-corrected chi connectivity index (χ4v) is 4.17. The highest BCUT2D eigenvalue weighted by Gasteiger charge is 2.24. The Bertz CT molecular complexity index is 1560. The number of nitrogens with one attached hydrogen (secondary N) is 2. The summed E-state index contributed by atoms with van der Waals surface area (Å²) < 4.78 is 6.11. The van der Waals surface area contributed by atoms with Crippen LogP contribution in [0.5, 0.6) is 5.75 Å². The molecular weight excluding hydrogens is 480 g/mol. The van der Waals surface area contributed by atoms with Gasteiger partial charge in [0.05, 0.1) is 33.6 Å². The number of fused-ring (bicyclic) bond motifs is 1. The summed E-state index contributed by atoms with van der Waals surface area (Å²) in [6.07, 6.45) is 1.25. The molecule has 2 heterocycles. The number of thiazole rings is 1. The van der Waals surface area contributed by atoms with Gasteiger partial charge in [0.1, 0.15) is 12.1 Å². The fourth-order valence-electron chi connectivity index (χ4n) is 3.28. The molecule has 0 aliphatic heterocycles.